The van der Waals surface area contributed by atoms with Gasteiger partial charge in [-0.05, 0) is 35.6 Å². The molecule has 1 aromatic carbocycles. The summed E-state index contributed by atoms with van der Waals surface area (Å²) in [7, 11) is -0.854. The number of anilines is 1. The largest absolute Gasteiger partial charge is 0.491 e. The minimum absolute atomic E-state index is 0.133. The lowest BCUT2D eigenvalue weighted by molar-refractivity contribution is 0.275. The number of benzene rings is 1. The average molecular weight is 318 g/mol. The number of rotatable bonds is 3. The number of H-pyrrole nitrogens is 1. The molecule has 0 bridgehead atoms. The van der Waals surface area contributed by atoms with Crippen LogP contribution in [-0.4, -0.2) is 17.1 Å². The number of aromatic nitrogens is 1. The summed E-state index contributed by atoms with van der Waals surface area (Å²) >= 11 is 1.32. The molecule has 0 amide bonds. The molecule has 0 saturated heterocycles. The molecule has 22 heavy (non-hydrogen) atoms. The molecule has 0 fully saturated rings. The quantitative estimate of drug-likeness (QED) is 0.597. The fourth-order valence-corrected chi connectivity index (χ4v) is 2.84. The third kappa shape index (κ3) is 3.74. The van der Waals surface area contributed by atoms with Gasteiger partial charge in [0, 0.05) is 23.7 Å². The molecule has 1 aliphatic rings. The summed E-state index contributed by atoms with van der Waals surface area (Å²) in [5, 5.41) is 10.4. The highest BCUT2D eigenvalue weighted by Crippen LogP contribution is 2.24. The van der Waals surface area contributed by atoms with Crippen molar-refractivity contribution in [3.8, 4) is 0 Å². The smallest absolute Gasteiger partial charge is 0.423 e. The van der Waals surface area contributed by atoms with Crippen LogP contribution in [0.1, 0.15) is 25.0 Å². The second kappa shape index (κ2) is 7.53. The molecule has 116 valence electrons. The molecule has 2 aromatic rings. The van der Waals surface area contributed by atoms with Gasteiger partial charge in [0.25, 0.3) is 0 Å². The van der Waals surface area contributed by atoms with Crippen molar-refractivity contribution in [2.75, 3.05) is 4.72 Å². The first-order valence-corrected chi connectivity index (χ1v) is 8.00. The lowest BCUT2D eigenvalue weighted by atomic mass is 9.79. The van der Waals surface area contributed by atoms with Crippen molar-refractivity contribution in [3.05, 3.63) is 51.8 Å². The van der Waals surface area contributed by atoms with Gasteiger partial charge < -0.3 is 19.4 Å². The third-order valence-electron chi connectivity index (χ3n) is 3.16. The summed E-state index contributed by atoms with van der Waals surface area (Å²) in [5.74, 6) is 0. The Bertz CT molecular complexity index is 705. The average Bonchev–Trinajstić information content (AvgIpc) is 2.87. The van der Waals surface area contributed by atoms with E-state index >= 15 is 0 Å². The highest BCUT2D eigenvalue weighted by atomic mass is 32.2. The molecule has 0 aliphatic carbocycles. The fraction of sp³-hybridized carbons (Fsp3) is 0.267. The fourth-order valence-electron chi connectivity index (χ4n) is 2.10. The highest BCUT2D eigenvalue weighted by Gasteiger charge is 2.28. The van der Waals surface area contributed by atoms with Crippen molar-refractivity contribution in [1.29, 1.82) is 0 Å². The van der Waals surface area contributed by atoms with Gasteiger partial charge in [0.2, 0.25) is 5.56 Å². The molecule has 0 radical (unpaired) electrons. The molecular formula is C15H19BN2O3S. The summed E-state index contributed by atoms with van der Waals surface area (Å²) in [4.78, 5) is 13.9. The van der Waals surface area contributed by atoms with E-state index in [4.69, 9.17) is 4.65 Å². The number of hydrogen-bond acceptors (Lipinski definition) is 5. The van der Waals surface area contributed by atoms with Gasteiger partial charge >= 0.3 is 7.12 Å². The number of aryl methyl sites for hydroxylation is 1. The molecule has 5 nitrogen and oxygen atoms in total. The molecule has 1 aliphatic heterocycles. The lowest BCUT2D eigenvalue weighted by Crippen LogP contribution is -2.28. The molecule has 2 heterocycles. The monoisotopic (exact) mass is 318 g/mol. The Labute approximate surface area is 134 Å². The first-order chi connectivity index (χ1) is 10.6. The van der Waals surface area contributed by atoms with Crippen LogP contribution in [0.3, 0.4) is 0 Å². The third-order valence-corrected chi connectivity index (χ3v) is 3.94. The minimum Gasteiger partial charge on any atom is -0.423 e. The van der Waals surface area contributed by atoms with E-state index < -0.39 is 7.12 Å². The van der Waals surface area contributed by atoms with Crippen LogP contribution >= 0.6 is 11.9 Å². The maximum Gasteiger partial charge on any atom is 0.491 e. The van der Waals surface area contributed by atoms with Crippen LogP contribution in [0.15, 0.2) is 40.2 Å². The summed E-state index contributed by atoms with van der Waals surface area (Å²) in [6.07, 6.45) is 0. The Morgan fingerprint density at radius 1 is 1.36 bits per heavy atom. The van der Waals surface area contributed by atoms with Gasteiger partial charge in [0.15, 0.2) is 0 Å². The SMILES string of the molecule is CC.Cc1cc2c(cc1NSc1cccc(=O)[nH]1)B(O)OC2. The minimum atomic E-state index is -0.854. The van der Waals surface area contributed by atoms with E-state index in [0.717, 1.165) is 27.3 Å². The van der Waals surface area contributed by atoms with Crippen molar-refractivity contribution < 1.29 is 9.68 Å². The van der Waals surface area contributed by atoms with Crippen LogP contribution in [0, 0.1) is 6.92 Å². The van der Waals surface area contributed by atoms with Gasteiger partial charge in [-0.15, -0.1) is 0 Å². The molecule has 0 saturated carbocycles. The molecule has 3 N–H and O–H groups in total. The van der Waals surface area contributed by atoms with E-state index in [-0.39, 0.29) is 5.56 Å². The number of pyridine rings is 1. The number of nitrogens with one attached hydrogen (secondary N) is 2. The molecular weight excluding hydrogens is 299 g/mol. The summed E-state index contributed by atoms with van der Waals surface area (Å²) in [6, 6.07) is 8.88. The second-order valence-corrected chi connectivity index (χ2v) is 5.46. The maximum absolute atomic E-state index is 11.2. The summed E-state index contributed by atoms with van der Waals surface area (Å²) in [5.41, 5.74) is 3.63. The zero-order valence-electron chi connectivity index (χ0n) is 12.8. The Hall–Kier alpha value is -1.70. The van der Waals surface area contributed by atoms with E-state index in [1.165, 1.54) is 18.0 Å². The second-order valence-electron chi connectivity index (χ2n) is 4.61. The van der Waals surface area contributed by atoms with Crippen molar-refractivity contribution >= 4 is 30.2 Å². The van der Waals surface area contributed by atoms with Gasteiger partial charge in [-0.3, -0.25) is 4.79 Å². The molecule has 1 aromatic heterocycles. The molecule has 0 spiro atoms. The van der Waals surface area contributed by atoms with Gasteiger partial charge in [0.05, 0.1) is 11.6 Å². The number of aromatic amines is 1. The van der Waals surface area contributed by atoms with Crippen LogP contribution < -0.4 is 15.7 Å². The first kappa shape index (κ1) is 16.7. The van der Waals surface area contributed by atoms with Crippen LogP contribution in [0.4, 0.5) is 5.69 Å². The number of fused-ring (bicyclic) bond motifs is 1. The van der Waals surface area contributed by atoms with Gasteiger partial charge in [-0.2, -0.15) is 0 Å². The topological polar surface area (TPSA) is 74.4 Å². The van der Waals surface area contributed by atoms with Crippen molar-refractivity contribution in [2.45, 2.75) is 32.4 Å². The standard InChI is InChI=1S/C13H13BN2O3S.C2H6/c1-8-5-9-7-19-14(18)10(9)6-11(8)16-20-13-4-2-3-12(17)15-13;1-2/h2-6,16,18H,7H2,1H3,(H,15,17);1-2H3. The lowest BCUT2D eigenvalue weighted by Gasteiger charge is -2.10. The molecule has 0 atom stereocenters. The summed E-state index contributed by atoms with van der Waals surface area (Å²) in [6.45, 7) is 6.43. The molecule has 0 unspecified atom stereocenters. The van der Waals surface area contributed by atoms with Crippen molar-refractivity contribution in [3.63, 3.8) is 0 Å². The van der Waals surface area contributed by atoms with E-state index in [9.17, 15) is 9.82 Å². The van der Waals surface area contributed by atoms with E-state index in [1.807, 2.05) is 39.0 Å². The van der Waals surface area contributed by atoms with Gasteiger partial charge in [-0.1, -0.05) is 26.0 Å². The zero-order valence-corrected chi connectivity index (χ0v) is 13.7. The van der Waals surface area contributed by atoms with Crippen molar-refractivity contribution in [2.24, 2.45) is 0 Å². The Kier molecular flexibility index (Phi) is 5.71. The van der Waals surface area contributed by atoms with E-state index in [2.05, 4.69) is 9.71 Å². The Morgan fingerprint density at radius 2 is 2.14 bits per heavy atom. The van der Waals surface area contributed by atoms with Gasteiger partial charge in [0.1, 0.15) is 0 Å². The van der Waals surface area contributed by atoms with Crippen LogP contribution in [0.25, 0.3) is 0 Å². The number of hydrogen-bond donors (Lipinski definition) is 3. The Balaban J connectivity index is 0.000000847. The molecule has 7 heteroatoms. The van der Waals surface area contributed by atoms with Crippen LogP contribution in [0.2, 0.25) is 0 Å². The zero-order chi connectivity index (χ0) is 16.1. The predicted octanol–water partition coefficient (Wildman–Crippen LogP) is 2.05. The summed E-state index contributed by atoms with van der Waals surface area (Å²) < 4.78 is 8.37. The van der Waals surface area contributed by atoms with Crippen LogP contribution in [-0.2, 0) is 11.3 Å². The predicted molar refractivity (Wildman–Crippen MR) is 91.5 cm³/mol. The first-order valence-electron chi connectivity index (χ1n) is 7.19. The highest BCUT2D eigenvalue weighted by molar-refractivity contribution is 8.00. The maximum atomic E-state index is 11.2. The normalized spacial score (nSPS) is 12.5. The molecule has 3 rings (SSSR count). The Morgan fingerprint density at radius 3 is 2.86 bits per heavy atom. The van der Waals surface area contributed by atoms with E-state index in [1.54, 1.807) is 6.07 Å². The van der Waals surface area contributed by atoms with Gasteiger partial charge in [-0.25, -0.2) is 0 Å². The van der Waals surface area contributed by atoms with E-state index in [0.29, 0.717) is 6.61 Å². The van der Waals surface area contributed by atoms with Crippen LogP contribution in [0.5, 0.6) is 0 Å². The van der Waals surface area contributed by atoms with Crippen molar-refractivity contribution in [1.82, 2.24) is 4.98 Å².